The molecule has 0 saturated heterocycles. The number of carbonyl (C=O) groups is 2. The van der Waals surface area contributed by atoms with Crippen LogP contribution in [0.1, 0.15) is 23.2 Å². The smallest absolute Gasteiger partial charge is 0.269 e. The fourth-order valence-corrected chi connectivity index (χ4v) is 4.57. The summed E-state index contributed by atoms with van der Waals surface area (Å²) in [5.74, 6) is 0.142. The minimum atomic E-state index is -3.86. The lowest BCUT2D eigenvalue weighted by Crippen LogP contribution is -2.31. The Morgan fingerprint density at radius 2 is 1.86 bits per heavy atom. The van der Waals surface area contributed by atoms with Gasteiger partial charge in [0, 0.05) is 19.0 Å². The molecule has 0 unspecified atom stereocenters. The summed E-state index contributed by atoms with van der Waals surface area (Å²) in [6.07, 6.45) is 0.229. The molecule has 28 heavy (non-hydrogen) atoms. The van der Waals surface area contributed by atoms with Crippen LogP contribution in [0.25, 0.3) is 0 Å². The lowest BCUT2D eigenvalue weighted by molar-refractivity contribution is -0.116. The highest BCUT2D eigenvalue weighted by Crippen LogP contribution is 2.31. The van der Waals surface area contributed by atoms with Gasteiger partial charge in [0.05, 0.1) is 25.5 Å². The highest BCUT2D eigenvalue weighted by Gasteiger charge is 2.40. The third-order valence-electron chi connectivity index (χ3n) is 4.36. The van der Waals surface area contributed by atoms with Gasteiger partial charge in [-0.25, -0.2) is 12.7 Å². The predicted molar refractivity (Wildman–Crippen MR) is 102 cm³/mol. The van der Waals surface area contributed by atoms with E-state index in [9.17, 15) is 18.0 Å². The summed E-state index contributed by atoms with van der Waals surface area (Å²) in [5.41, 5.74) is 0.609. The fourth-order valence-electron chi connectivity index (χ4n) is 2.96. The van der Waals surface area contributed by atoms with Gasteiger partial charge in [-0.05, 0) is 30.7 Å². The summed E-state index contributed by atoms with van der Waals surface area (Å²) in [5, 5.41) is 2.71. The van der Waals surface area contributed by atoms with E-state index in [-0.39, 0.29) is 35.8 Å². The molecule has 2 amide bonds. The van der Waals surface area contributed by atoms with Crippen molar-refractivity contribution in [2.45, 2.75) is 17.7 Å². The van der Waals surface area contributed by atoms with E-state index in [0.29, 0.717) is 17.2 Å². The molecule has 0 aromatic heterocycles. The maximum absolute atomic E-state index is 12.5. The zero-order valence-corrected chi connectivity index (χ0v) is 16.3. The van der Waals surface area contributed by atoms with Crippen LogP contribution in [0.4, 0.5) is 5.69 Å². The average Bonchev–Trinajstić information content (AvgIpc) is 2.88. The van der Waals surface area contributed by atoms with Crippen molar-refractivity contribution in [3.63, 3.8) is 0 Å². The number of anilines is 1. The number of ether oxygens (including phenoxy) is 2. The zero-order valence-electron chi connectivity index (χ0n) is 15.5. The number of amides is 2. The Kier molecular flexibility index (Phi) is 5.55. The van der Waals surface area contributed by atoms with E-state index < -0.39 is 15.9 Å². The van der Waals surface area contributed by atoms with E-state index in [1.807, 2.05) is 0 Å². The van der Waals surface area contributed by atoms with Gasteiger partial charge in [0.2, 0.25) is 5.91 Å². The monoisotopic (exact) mass is 404 g/mol. The van der Waals surface area contributed by atoms with E-state index in [2.05, 4.69) is 5.32 Å². The molecule has 1 heterocycles. The Labute approximate surface area is 163 Å². The van der Waals surface area contributed by atoms with E-state index in [0.717, 1.165) is 4.31 Å². The van der Waals surface area contributed by atoms with Crippen molar-refractivity contribution in [1.29, 1.82) is 0 Å². The van der Waals surface area contributed by atoms with Crippen molar-refractivity contribution in [3.05, 3.63) is 48.0 Å². The lowest BCUT2D eigenvalue weighted by Gasteiger charge is -2.15. The van der Waals surface area contributed by atoms with Gasteiger partial charge in [-0.2, -0.15) is 0 Å². The standard InChI is InChI=1S/C19H20N2O6S/c1-26-13-9-10-16(27-2)15(12-13)20-18(22)8-5-11-21-19(23)14-6-3-4-7-17(14)28(21,24)25/h3-4,6-7,9-10,12H,5,8,11H2,1-2H3,(H,20,22). The molecular formula is C19H20N2O6S. The average molecular weight is 404 g/mol. The SMILES string of the molecule is COc1ccc(OC)c(NC(=O)CCCN2C(=O)c3ccccc3S2(=O)=O)c1. The summed E-state index contributed by atoms with van der Waals surface area (Å²) in [7, 11) is -0.859. The normalized spacial score (nSPS) is 14.5. The number of hydrogen-bond acceptors (Lipinski definition) is 6. The fraction of sp³-hybridized carbons (Fsp3) is 0.263. The lowest BCUT2D eigenvalue weighted by atomic mass is 10.2. The van der Waals surface area contributed by atoms with Crippen LogP contribution in [-0.2, 0) is 14.8 Å². The second kappa shape index (κ2) is 7.89. The molecule has 0 saturated carbocycles. The molecule has 0 atom stereocenters. The third kappa shape index (κ3) is 3.65. The number of carbonyl (C=O) groups excluding carboxylic acids is 2. The number of benzene rings is 2. The van der Waals surface area contributed by atoms with Gasteiger partial charge in [-0.15, -0.1) is 0 Å². The summed E-state index contributed by atoms with van der Waals surface area (Å²) in [6, 6.07) is 11.1. The van der Waals surface area contributed by atoms with Crippen LogP contribution in [0.15, 0.2) is 47.4 Å². The summed E-state index contributed by atoms with van der Waals surface area (Å²) in [6.45, 7) is -0.0709. The molecule has 0 spiro atoms. The molecule has 9 heteroatoms. The molecule has 3 rings (SSSR count). The largest absolute Gasteiger partial charge is 0.497 e. The topological polar surface area (TPSA) is 102 Å². The Balaban J connectivity index is 1.62. The van der Waals surface area contributed by atoms with Crippen molar-refractivity contribution in [3.8, 4) is 11.5 Å². The summed E-state index contributed by atoms with van der Waals surface area (Å²) in [4.78, 5) is 24.6. The molecule has 0 fully saturated rings. The van der Waals surface area contributed by atoms with Crippen LogP contribution in [-0.4, -0.2) is 45.3 Å². The first-order chi connectivity index (χ1) is 13.4. The predicted octanol–water partition coefficient (Wildman–Crippen LogP) is 2.27. The van der Waals surface area contributed by atoms with Gasteiger partial charge in [0.1, 0.15) is 16.4 Å². The minimum absolute atomic E-state index is 0.00516. The Morgan fingerprint density at radius 3 is 2.54 bits per heavy atom. The number of rotatable bonds is 7. The number of nitrogens with one attached hydrogen (secondary N) is 1. The van der Waals surface area contributed by atoms with Gasteiger partial charge >= 0.3 is 0 Å². The zero-order chi connectivity index (χ0) is 20.3. The van der Waals surface area contributed by atoms with Gasteiger partial charge < -0.3 is 14.8 Å². The quantitative estimate of drug-likeness (QED) is 0.760. The van der Waals surface area contributed by atoms with E-state index in [1.165, 1.54) is 26.4 Å². The Hall–Kier alpha value is -3.07. The van der Waals surface area contributed by atoms with Crippen molar-refractivity contribution in [2.24, 2.45) is 0 Å². The Bertz CT molecular complexity index is 1020. The third-order valence-corrected chi connectivity index (χ3v) is 6.20. The first kappa shape index (κ1) is 19.7. The van der Waals surface area contributed by atoms with Crippen LogP contribution in [0.2, 0.25) is 0 Å². The molecular weight excluding hydrogens is 384 g/mol. The van der Waals surface area contributed by atoms with Gasteiger partial charge in [-0.1, -0.05) is 12.1 Å². The van der Waals surface area contributed by atoms with Gasteiger partial charge in [0.15, 0.2) is 0 Å². The molecule has 1 N–H and O–H groups in total. The van der Waals surface area contributed by atoms with Crippen LogP contribution in [0.5, 0.6) is 11.5 Å². The molecule has 0 radical (unpaired) electrons. The highest BCUT2D eigenvalue weighted by molar-refractivity contribution is 7.90. The number of sulfonamides is 1. The first-order valence-corrected chi connectivity index (χ1v) is 10.0. The minimum Gasteiger partial charge on any atom is -0.497 e. The van der Waals surface area contributed by atoms with Crippen molar-refractivity contribution >= 4 is 27.5 Å². The maximum Gasteiger partial charge on any atom is 0.269 e. The number of nitrogens with zero attached hydrogens (tertiary/aromatic N) is 1. The van der Waals surface area contributed by atoms with Crippen LogP contribution < -0.4 is 14.8 Å². The summed E-state index contributed by atoms with van der Waals surface area (Å²) >= 11 is 0. The summed E-state index contributed by atoms with van der Waals surface area (Å²) < 4.78 is 36.1. The van der Waals surface area contributed by atoms with Gasteiger partial charge in [0.25, 0.3) is 15.9 Å². The second-order valence-electron chi connectivity index (χ2n) is 6.10. The van der Waals surface area contributed by atoms with Gasteiger partial charge in [-0.3, -0.25) is 9.59 Å². The molecule has 148 valence electrons. The van der Waals surface area contributed by atoms with Crippen LogP contribution in [0.3, 0.4) is 0 Å². The number of hydrogen-bond donors (Lipinski definition) is 1. The molecule has 0 bridgehead atoms. The van der Waals surface area contributed by atoms with Crippen molar-refractivity contribution in [2.75, 3.05) is 26.1 Å². The van der Waals surface area contributed by atoms with E-state index in [1.54, 1.807) is 30.3 Å². The number of methoxy groups -OCH3 is 2. The molecule has 0 aliphatic carbocycles. The molecule has 1 aliphatic rings. The second-order valence-corrected chi connectivity index (χ2v) is 7.93. The van der Waals surface area contributed by atoms with E-state index >= 15 is 0 Å². The molecule has 1 aliphatic heterocycles. The molecule has 2 aromatic rings. The van der Waals surface area contributed by atoms with Crippen molar-refractivity contribution in [1.82, 2.24) is 4.31 Å². The van der Waals surface area contributed by atoms with Crippen LogP contribution in [0, 0.1) is 0 Å². The first-order valence-electron chi connectivity index (χ1n) is 8.56. The Morgan fingerprint density at radius 1 is 1.11 bits per heavy atom. The molecule has 2 aromatic carbocycles. The van der Waals surface area contributed by atoms with E-state index in [4.69, 9.17) is 9.47 Å². The van der Waals surface area contributed by atoms with Crippen LogP contribution >= 0.6 is 0 Å². The molecule has 8 nitrogen and oxygen atoms in total. The maximum atomic E-state index is 12.5. The number of fused-ring (bicyclic) bond motifs is 1. The van der Waals surface area contributed by atoms with Crippen molar-refractivity contribution < 1.29 is 27.5 Å². The highest BCUT2D eigenvalue weighted by atomic mass is 32.2.